The number of anilines is 1. The number of benzene rings is 1. The summed E-state index contributed by atoms with van der Waals surface area (Å²) in [7, 11) is 7.57. The fourth-order valence-corrected chi connectivity index (χ4v) is 3.62. The highest BCUT2D eigenvalue weighted by atomic mass is 35.5. The van der Waals surface area contributed by atoms with Crippen molar-refractivity contribution >= 4 is 35.2 Å². The van der Waals surface area contributed by atoms with Crippen LogP contribution in [0.5, 0.6) is 0 Å². The van der Waals surface area contributed by atoms with Gasteiger partial charge in [-0.2, -0.15) is 0 Å². The van der Waals surface area contributed by atoms with Crippen LogP contribution in [0.1, 0.15) is 37.4 Å². The number of methoxy groups -OCH3 is 1. The Labute approximate surface area is 192 Å². The van der Waals surface area contributed by atoms with Crippen molar-refractivity contribution in [3.63, 3.8) is 0 Å². The number of carbonyl (C=O) groups is 1. The highest BCUT2D eigenvalue weighted by Crippen LogP contribution is 2.40. The molecule has 1 aromatic carbocycles. The van der Waals surface area contributed by atoms with Crippen LogP contribution in [0.3, 0.4) is 0 Å². The zero-order valence-electron chi connectivity index (χ0n) is 19.2. The smallest absolute Gasteiger partial charge is 0.145 e. The molecule has 1 atom stereocenters. The Kier molecular flexibility index (Phi) is 15.7. The fourth-order valence-electron chi connectivity index (χ4n) is 3.10. The molecule has 0 radical (unpaired) electrons. The van der Waals surface area contributed by atoms with Gasteiger partial charge in [0, 0.05) is 34.3 Å². The molecule has 1 unspecified atom stereocenters. The number of nitrogens with one attached hydrogen (secondary N) is 1. The van der Waals surface area contributed by atoms with E-state index < -0.39 is 0 Å². The van der Waals surface area contributed by atoms with Gasteiger partial charge in [-0.05, 0) is 55.9 Å². The van der Waals surface area contributed by atoms with Gasteiger partial charge >= 0.3 is 0 Å². The van der Waals surface area contributed by atoms with Crippen LogP contribution in [-0.2, 0) is 16.0 Å². The van der Waals surface area contributed by atoms with Crippen molar-refractivity contribution in [1.29, 1.82) is 0 Å². The molecule has 6 nitrogen and oxygen atoms in total. The lowest BCUT2D eigenvalue weighted by atomic mass is 9.95. The molecule has 1 heterocycles. The quantitative estimate of drug-likeness (QED) is 0.649. The first-order valence-electron chi connectivity index (χ1n) is 10.3. The summed E-state index contributed by atoms with van der Waals surface area (Å²) < 4.78 is 4.32. The molecule has 3 N–H and O–H groups in total. The van der Waals surface area contributed by atoms with Gasteiger partial charge < -0.3 is 30.4 Å². The van der Waals surface area contributed by atoms with Crippen LogP contribution in [0.15, 0.2) is 18.3 Å². The van der Waals surface area contributed by atoms with Crippen LogP contribution in [0.4, 0.5) is 5.69 Å². The Morgan fingerprint density at radius 3 is 2.47 bits per heavy atom. The first kappa shape index (κ1) is 28.7. The van der Waals surface area contributed by atoms with Crippen molar-refractivity contribution in [2.75, 3.05) is 59.4 Å². The Bertz CT molecular complexity index is 657. The van der Waals surface area contributed by atoms with Crippen molar-refractivity contribution in [3.8, 4) is 0 Å². The number of likely N-dealkylation sites (N-methyl/N-ethyl adjacent to an activating group) is 1. The Morgan fingerprint density at radius 1 is 1.27 bits per heavy atom. The number of carbonyl (C=O) groups excluding carboxylic acids is 1. The normalized spacial score (nSPS) is 15.4. The van der Waals surface area contributed by atoms with Crippen molar-refractivity contribution < 1.29 is 9.53 Å². The number of aldehydes is 1. The third-order valence-corrected chi connectivity index (χ3v) is 5.33. The largest absolute Gasteiger partial charge is 0.394 e. The van der Waals surface area contributed by atoms with Crippen LogP contribution >= 0.6 is 23.2 Å². The molecule has 0 amide bonds. The standard InChI is InChI=1S/C17H26Cl2N4.C3H6O2.C2H6/c1-21-7-5-15(20)13-11-14(18)16(19)17-12(13)6-10-22(2)8-4-9-23(17)3;1-5-3-2-4;1-2/h5,7,11,15,21H,4,6,8-10,20H2,1-3H3;2H,3H2,1H3;1-2H3/b7-5-;;. The molecule has 0 spiro atoms. The molecular formula is C22H38Cl2N4O2. The van der Waals surface area contributed by atoms with E-state index in [1.807, 2.05) is 39.2 Å². The van der Waals surface area contributed by atoms with Gasteiger partial charge in [-0.3, -0.25) is 0 Å². The van der Waals surface area contributed by atoms with Gasteiger partial charge in [-0.15, -0.1) is 0 Å². The number of rotatable bonds is 5. The van der Waals surface area contributed by atoms with Crippen molar-refractivity contribution in [1.82, 2.24) is 10.2 Å². The summed E-state index contributed by atoms with van der Waals surface area (Å²) in [6, 6.07) is 1.70. The van der Waals surface area contributed by atoms with E-state index in [0.717, 1.165) is 43.7 Å². The fraction of sp³-hybridized carbons (Fsp3) is 0.591. The third-order valence-electron chi connectivity index (χ3n) is 4.56. The number of nitrogens with zero attached hydrogens (tertiary/aromatic N) is 2. The molecule has 30 heavy (non-hydrogen) atoms. The van der Waals surface area contributed by atoms with E-state index >= 15 is 0 Å². The Balaban J connectivity index is 0.00000105. The molecular weight excluding hydrogens is 423 g/mol. The van der Waals surface area contributed by atoms with Crippen molar-refractivity contribution in [2.24, 2.45) is 5.73 Å². The Morgan fingerprint density at radius 2 is 1.93 bits per heavy atom. The molecule has 0 fully saturated rings. The second kappa shape index (κ2) is 16.4. The van der Waals surface area contributed by atoms with Crippen LogP contribution in [-0.4, -0.2) is 65.7 Å². The van der Waals surface area contributed by atoms with E-state index in [1.54, 1.807) is 0 Å². The summed E-state index contributed by atoms with van der Waals surface area (Å²) in [4.78, 5) is 13.8. The van der Waals surface area contributed by atoms with Gasteiger partial charge in [0.15, 0.2) is 0 Å². The van der Waals surface area contributed by atoms with Gasteiger partial charge in [0.25, 0.3) is 0 Å². The van der Waals surface area contributed by atoms with E-state index in [-0.39, 0.29) is 12.6 Å². The molecule has 172 valence electrons. The zero-order chi connectivity index (χ0) is 23.1. The predicted octanol–water partition coefficient (Wildman–Crippen LogP) is 3.90. The lowest BCUT2D eigenvalue weighted by Crippen LogP contribution is -2.24. The lowest BCUT2D eigenvalue weighted by Gasteiger charge is -2.26. The summed E-state index contributed by atoms with van der Waals surface area (Å²) in [5.41, 5.74) is 9.64. The second-order valence-corrected chi connectivity index (χ2v) is 7.50. The number of hydrogen-bond acceptors (Lipinski definition) is 6. The molecule has 0 saturated heterocycles. The average Bonchev–Trinajstić information content (AvgIpc) is 2.81. The molecule has 0 aromatic heterocycles. The number of hydrogen-bond donors (Lipinski definition) is 2. The number of halogens is 2. The predicted molar refractivity (Wildman–Crippen MR) is 130 cm³/mol. The molecule has 1 aliphatic rings. The third kappa shape index (κ3) is 9.23. The van der Waals surface area contributed by atoms with E-state index in [0.29, 0.717) is 16.3 Å². The highest BCUT2D eigenvalue weighted by molar-refractivity contribution is 6.44. The summed E-state index contributed by atoms with van der Waals surface area (Å²) in [6.07, 6.45) is 6.50. The van der Waals surface area contributed by atoms with Crippen LogP contribution in [0, 0.1) is 0 Å². The topological polar surface area (TPSA) is 70.8 Å². The highest BCUT2D eigenvalue weighted by Gasteiger charge is 2.22. The number of fused-ring (bicyclic) bond motifs is 1. The van der Waals surface area contributed by atoms with Crippen LogP contribution < -0.4 is 16.0 Å². The second-order valence-electron chi connectivity index (χ2n) is 6.71. The van der Waals surface area contributed by atoms with E-state index in [2.05, 4.69) is 33.9 Å². The maximum atomic E-state index is 9.28. The molecule has 2 rings (SSSR count). The minimum Gasteiger partial charge on any atom is -0.394 e. The molecule has 0 bridgehead atoms. The van der Waals surface area contributed by atoms with Gasteiger partial charge in [-0.25, -0.2) is 0 Å². The summed E-state index contributed by atoms with van der Waals surface area (Å²) in [5.74, 6) is 0. The SMILES string of the molecule is CC.CN/C=C\C(N)c1cc(Cl)c(Cl)c2c1CCN(C)CCCN2C.COCC=O. The van der Waals surface area contributed by atoms with Gasteiger partial charge in [0.2, 0.25) is 0 Å². The minimum atomic E-state index is -0.217. The first-order valence-corrected chi connectivity index (χ1v) is 11.0. The number of nitrogens with two attached hydrogens (primary N) is 1. The number of ether oxygens (including phenoxy) is 1. The molecule has 1 aromatic rings. The van der Waals surface area contributed by atoms with Crippen molar-refractivity contribution in [2.45, 2.75) is 32.7 Å². The van der Waals surface area contributed by atoms with Gasteiger partial charge in [0.1, 0.15) is 12.9 Å². The molecule has 0 saturated carbocycles. The molecule has 1 aliphatic heterocycles. The van der Waals surface area contributed by atoms with Gasteiger partial charge in [0.05, 0.1) is 21.8 Å². The monoisotopic (exact) mass is 460 g/mol. The van der Waals surface area contributed by atoms with E-state index in [9.17, 15) is 4.79 Å². The minimum absolute atomic E-state index is 0.208. The lowest BCUT2D eigenvalue weighted by molar-refractivity contribution is -0.110. The molecule has 8 heteroatoms. The van der Waals surface area contributed by atoms with Crippen LogP contribution in [0.2, 0.25) is 10.0 Å². The van der Waals surface area contributed by atoms with Crippen molar-refractivity contribution in [3.05, 3.63) is 39.5 Å². The molecule has 0 aliphatic carbocycles. The van der Waals surface area contributed by atoms with Crippen LogP contribution in [0.25, 0.3) is 0 Å². The zero-order valence-corrected chi connectivity index (χ0v) is 20.7. The Hall–Kier alpha value is -1.31. The summed E-state index contributed by atoms with van der Waals surface area (Å²) in [6.45, 7) is 7.21. The average molecular weight is 461 g/mol. The maximum absolute atomic E-state index is 9.28. The van der Waals surface area contributed by atoms with E-state index in [4.69, 9.17) is 28.9 Å². The maximum Gasteiger partial charge on any atom is 0.145 e. The van der Waals surface area contributed by atoms with Gasteiger partial charge in [-0.1, -0.05) is 37.0 Å². The van der Waals surface area contributed by atoms with E-state index in [1.165, 1.54) is 12.7 Å². The first-order chi connectivity index (χ1) is 14.4. The summed E-state index contributed by atoms with van der Waals surface area (Å²) >= 11 is 12.9. The summed E-state index contributed by atoms with van der Waals surface area (Å²) in [5, 5.41) is 4.17.